The first kappa shape index (κ1) is 11.2. The van der Waals surface area contributed by atoms with Crippen molar-refractivity contribution in [2.75, 3.05) is 0 Å². The zero-order valence-electron chi connectivity index (χ0n) is 7.62. The Kier molecular flexibility index (Phi) is 3.06. The summed E-state index contributed by atoms with van der Waals surface area (Å²) in [5, 5.41) is 3.17. The normalized spacial score (nSPS) is 10.7. The molecule has 0 amide bonds. The lowest BCUT2D eigenvalue weighted by Gasteiger charge is -2.11. The molecule has 0 aliphatic rings. The third-order valence-corrected chi connectivity index (χ3v) is 1.56. The van der Waals surface area contributed by atoms with Gasteiger partial charge >= 0.3 is 6.36 Å². The minimum absolute atomic E-state index is 0.0716. The molecule has 0 heterocycles. The number of ether oxygens (including phenoxy) is 1. The molecule has 80 valence electrons. The van der Waals surface area contributed by atoms with Gasteiger partial charge in [0, 0.05) is 10.6 Å². The first-order chi connectivity index (χ1) is 6.92. The molecule has 0 aliphatic carbocycles. The van der Waals surface area contributed by atoms with E-state index in [2.05, 4.69) is 14.8 Å². The summed E-state index contributed by atoms with van der Waals surface area (Å²) in [5.74, 6) is -0.368. The van der Waals surface area contributed by atoms with Crippen LogP contribution in [-0.4, -0.2) is 6.36 Å². The van der Waals surface area contributed by atoms with E-state index >= 15 is 0 Å². The highest BCUT2D eigenvalue weighted by molar-refractivity contribution is 5.47. The molecule has 0 N–H and O–H groups in total. The maximum absolute atomic E-state index is 11.9. The first-order valence-electron chi connectivity index (χ1n) is 3.84. The molecular weight excluding hydrogens is 211 g/mol. The molecule has 0 radical (unpaired) electrons. The van der Waals surface area contributed by atoms with Crippen LogP contribution in [0.5, 0.6) is 5.75 Å². The second-order valence-electron chi connectivity index (χ2n) is 2.69. The highest BCUT2D eigenvalue weighted by atomic mass is 19.4. The van der Waals surface area contributed by atoms with Crippen LogP contribution in [-0.2, 0) is 0 Å². The number of hydrogen-bond donors (Lipinski definition) is 0. The van der Waals surface area contributed by atoms with Crippen molar-refractivity contribution in [1.29, 1.82) is 0 Å². The number of azide groups is 1. The van der Waals surface area contributed by atoms with Crippen molar-refractivity contribution in [3.8, 4) is 5.75 Å². The summed E-state index contributed by atoms with van der Waals surface area (Å²) < 4.78 is 39.5. The summed E-state index contributed by atoms with van der Waals surface area (Å²) in [4.78, 5) is 2.46. The summed E-state index contributed by atoms with van der Waals surface area (Å²) >= 11 is 0. The second kappa shape index (κ2) is 4.10. The Morgan fingerprint density at radius 1 is 1.40 bits per heavy atom. The zero-order chi connectivity index (χ0) is 11.5. The minimum atomic E-state index is -4.75. The van der Waals surface area contributed by atoms with Crippen LogP contribution in [0.25, 0.3) is 10.4 Å². The van der Waals surface area contributed by atoms with Gasteiger partial charge in [-0.25, -0.2) is 0 Å². The number of halogens is 3. The predicted octanol–water partition coefficient (Wildman–Crippen LogP) is 3.84. The molecule has 15 heavy (non-hydrogen) atoms. The molecule has 0 spiro atoms. The SMILES string of the molecule is Cc1ccc(N=[N+]=[N-])cc1OC(F)(F)F. The largest absolute Gasteiger partial charge is 0.573 e. The van der Waals surface area contributed by atoms with Gasteiger partial charge in [-0.1, -0.05) is 17.2 Å². The number of hydrogen-bond acceptors (Lipinski definition) is 2. The van der Waals surface area contributed by atoms with Crippen LogP contribution in [0.4, 0.5) is 18.9 Å². The third-order valence-electron chi connectivity index (χ3n) is 1.56. The molecule has 1 aromatic carbocycles. The average Bonchev–Trinajstić information content (AvgIpc) is 2.09. The van der Waals surface area contributed by atoms with Gasteiger partial charge in [0.2, 0.25) is 0 Å². The van der Waals surface area contributed by atoms with E-state index in [1.54, 1.807) is 0 Å². The monoisotopic (exact) mass is 217 g/mol. The van der Waals surface area contributed by atoms with Crippen molar-refractivity contribution in [3.05, 3.63) is 34.2 Å². The summed E-state index contributed by atoms with van der Waals surface area (Å²) in [5.41, 5.74) is 8.49. The van der Waals surface area contributed by atoms with E-state index in [4.69, 9.17) is 5.53 Å². The van der Waals surface area contributed by atoms with E-state index in [0.717, 1.165) is 6.07 Å². The van der Waals surface area contributed by atoms with Crippen molar-refractivity contribution in [2.24, 2.45) is 5.11 Å². The summed E-state index contributed by atoms with van der Waals surface area (Å²) in [6.45, 7) is 1.46. The quantitative estimate of drug-likeness (QED) is 0.421. The predicted molar refractivity (Wildman–Crippen MR) is 46.7 cm³/mol. The Morgan fingerprint density at radius 3 is 2.60 bits per heavy atom. The summed E-state index contributed by atoms with van der Waals surface area (Å²) in [7, 11) is 0. The molecule has 0 unspecified atom stereocenters. The molecule has 1 aromatic rings. The Balaban J connectivity index is 3.05. The lowest BCUT2D eigenvalue weighted by atomic mass is 10.2. The van der Waals surface area contributed by atoms with Crippen molar-refractivity contribution >= 4 is 5.69 Å². The van der Waals surface area contributed by atoms with Crippen LogP contribution in [0.2, 0.25) is 0 Å². The standard InChI is InChI=1S/C8H6F3N3O/c1-5-2-3-6(13-14-12)4-7(5)15-8(9,10)11/h2-4H,1H3. The van der Waals surface area contributed by atoms with Gasteiger partial charge in [0.05, 0.1) is 0 Å². The molecule has 1 rings (SSSR count). The highest BCUT2D eigenvalue weighted by Gasteiger charge is 2.31. The number of alkyl halides is 3. The Hall–Kier alpha value is -1.88. The van der Waals surface area contributed by atoms with Crippen molar-refractivity contribution in [3.63, 3.8) is 0 Å². The lowest BCUT2D eigenvalue weighted by molar-refractivity contribution is -0.274. The maximum atomic E-state index is 11.9. The molecule has 0 saturated heterocycles. The number of benzene rings is 1. The van der Waals surface area contributed by atoms with Crippen LogP contribution in [0.15, 0.2) is 23.3 Å². The van der Waals surface area contributed by atoms with E-state index in [1.165, 1.54) is 19.1 Å². The van der Waals surface area contributed by atoms with E-state index < -0.39 is 6.36 Å². The van der Waals surface area contributed by atoms with Gasteiger partial charge in [0.1, 0.15) is 5.75 Å². The number of aryl methyl sites for hydroxylation is 1. The smallest absolute Gasteiger partial charge is 0.406 e. The van der Waals surface area contributed by atoms with Crippen molar-refractivity contribution in [1.82, 2.24) is 0 Å². The molecule has 0 atom stereocenters. The number of nitrogens with zero attached hydrogens (tertiary/aromatic N) is 3. The van der Waals surface area contributed by atoms with E-state index in [1.807, 2.05) is 0 Å². The molecule has 4 nitrogen and oxygen atoms in total. The van der Waals surface area contributed by atoms with Crippen molar-refractivity contribution in [2.45, 2.75) is 13.3 Å². The van der Waals surface area contributed by atoms with E-state index in [9.17, 15) is 13.2 Å². The highest BCUT2D eigenvalue weighted by Crippen LogP contribution is 2.29. The van der Waals surface area contributed by atoms with Crippen LogP contribution in [0.1, 0.15) is 5.56 Å². The Labute approximate surface area is 82.9 Å². The van der Waals surface area contributed by atoms with E-state index in [-0.39, 0.29) is 11.4 Å². The zero-order valence-corrected chi connectivity index (χ0v) is 7.62. The van der Waals surface area contributed by atoms with Gasteiger partial charge in [0.25, 0.3) is 0 Å². The molecule has 0 aromatic heterocycles. The first-order valence-corrected chi connectivity index (χ1v) is 3.84. The molecule has 0 saturated carbocycles. The average molecular weight is 217 g/mol. The van der Waals surface area contributed by atoms with Crippen LogP contribution in [0.3, 0.4) is 0 Å². The number of rotatable bonds is 2. The van der Waals surface area contributed by atoms with Gasteiger partial charge in [-0.3, -0.25) is 0 Å². The minimum Gasteiger partial charge on any atom is -0.406 e. The van der Waals surface area contributed by atoms with Gasteiger partial charge in [-0.05, 0) is 24.1 Å². The molecule has 7 heteroatoms. The maximum Gasteiger partial charge on any atom is 0.573 e. The Morgan fingerprint density at radius 2 is 2.07 bits per heavy atom. The topological polar surface area (TPSA) is 58.0 Å². The molecule has 0 aliphatic heterocycles. The fraction of sp³-hybridized carbons (Fsp3) is 0.250. The second-order valence-corrected chi connectivity index (χ2v) is 2.69. The van der Waals surface area contributed by atoms with Gasteiger partial charge in [0.15, 0.2) is 0 Å². The lowest BCUT2D eigenvalue weighted by Crippen LogP contribution is -2.17. The van der Waals surface area contributed by atoms with Gasteiger partial charge < -0.3 is 4.74 Å². The van der Waals surface area contributed by atoms with E-state index in [0.29, 0.717) is 5.56 Å². The van der Waals surface area contributed by atoms with Gasteiger partial charge in [-0.15, -0.1) is 13.2 Å². The fourth-order valence-corrected chi connectivity index (χ4v) is 0.937. The summed E-state index contributed by atoms with van der Waals surface area (Å²) in [6.07, 6.45) is -4.75. The molecule has 0 fully saturated rings. The van der Waals surface area contributed by atoms with Crippen molar-refractivity contribution < 1.29 is 17.9 Å². The summed E-state index contributed by atoms with van der Waals surface area (Å²) in [6, 6.07) is 3.81. The fourth-order valence-electron chi connectivity index (χ4n) is 0.937. The third kappa shape index (κ3) is 3.40. The van der Waals surface area contributed by atoms with Crippen LogP contribution < -0.4 is 4.74 Å². The molecule has 0 bridgehead atoms. The van der Waals surface area contributed by atoms with Crippen LogP contribution >= 0.6 is 0 Å². The Bertz CT molecular complexity index is 410. The van der Waals surface area contributed by atoms with Gasteiger partial charge in [-0.2, -0.15) is 0 Å². The van der Waals surface area contributed by atoms with Crippen LogP contribution in [0, 0.1) is 6.92 Å². The molecular formula is C8H6F3N3O.